The lowest BCUT2D eigenvalue weighted by molar-refractivity contribution is 0.112. The third-order valence-corrected chi connectivity index (χ3v) is 4.05. The minimum atomic E-state index is -3.68. The van der Waals surface area contributed by atoms with Crippen LogP contribution in [0, 0.1) is 0 Å². The molecule has 104 valence electrons. The number of ether oxygens (including phenoxy) is 1. The Balaban J connectivity index is 2.27. The van der Waals surface area contributed by atoms with Gasteiger partial charge in [-0.25, -0.2) is 8.42 Å². The average molecular weight is 291 g/mol. The third kappa shape index (κ3) is 3.16. The van der Waals surface area contributed by atoms with Gasteiger partial charge in [-0.1, -0.05) is 18.2 Å². The Morgan fingerprint density at radius 1 is 1.10 bits per heavy atom. The summed E-state index contributed by atoms with van der Waals surface area (Å²) in [7, 11) is -2.18. The van der Waals surface area contributed by atoms with Gasteiger partial charge in [0.15, 0.2) is 0 Å². The Morgan fingerprint density at radius 2 is 1.80 bits per heavy atom. The van der Waals surface area contributed by atoms with Crippen LogP contribution in [-0.4, -0.2) is 21.8 Å². The third-order valence-electron chi connectivity index (χ3n) is 2.65. The molecule has 20 heavy (non-hydrogen) atoms. The highest BCUT2D eigenvalue weighted by molar-refractivity contribution is 7.92. The fraction of sp³-hybridized carbons (Fsp3) is 0.0714. The van der Waals surface area contributed by atoms with E-state index in [2.05, 4.69) is 4.72 Å². The van der Waals surface area contributed by atoms with E-state index in [0.717, 1.165) is 0 Å². The lowest BCUT2D eigenvalue weighted by Crippen LogP contribution is -2.12. The second-order valence-corrected chi connectivity index (χ2v) is 5.71. The van der Waals surface area contributed by atoms with Crippen LogP contribution >= 0.6 is 0 Å². The molecule has 0 atom stereocenters. The van der Waals surface area contributed by atoms with Gasteiger partial charge in [-0.2, -0.15) is 0 Å². The van der Waals surface area contributed by atoms with Crippen LogP contribution in [0.5, 0.6) is 5.75 Å². The first-order valence-electron chi connectivity index (χ1n) is 5.77. The first kappa shape index (κ1) is 14.1. The van der Waals surface area contributed by atoms with Crippen molar-refractivity contribution in [2.75, 3.05) is 11.8 Å². The summed E-state index contributed by atoms with van der Waals surface area (Å²) in [6, 6.07) is 12.3. The zero-order valence-corrected chi connectivity index (χ0v) is 11.6. The zero-order chi connectivity index (χ0) is 14.6. The van der Waals surface area contributed by atoms with Gasteiger partial charge >= 0.3 is 0 Å². The van der Waals surface area contributed by atoms with Crippen molar-refractivity contribution in [3.8, 4) is 5.75 Å². The molecule has 0 saturated carbocycles. The maximum atomic E-state index is 12.2. The largest absolute Gasteiger partial charge is 0.497 e. The molecule has 5 nitrogen and oxygen atoms in total. The maximum Gasteiger partial charge on any atom is 0.261 e. The number of methoxy groups -OCH3 is 1. The Labute approximate surface area is 117 Å². The smallest absolute Gasteiger partial charge is 0.261 e. The molecule has 0 amide bonds. The number of hydrogen-bond acceptors (Lipinski definition) is 4. The molecule has 0 radical (unpaired) electrons. The van der Waals surface area contributed by atoms with Crippen molar-refractivity contribution in [3.05, 3.63) is 54.1 Å². The Morgan fingerprint density at radius 3 is 2.40 bits per heavy atom. The van der Waals surface area contributed by atoms with Gasteiger partial charge in [0.2, 0.25) is 0 Å². The fourth-order valence-electron chi connectivity index (χ4n) is 1.63. The molecule has 2 aromatic rings. The molecule has 2 rings (SSSR count). The minimum absolute atomic E-state index is 0.0888. The zero-order valence-electron chi connectivity index (χ0n) is 10.7. The van der Waals surface area contributed by atoms with Crippen LogP contribution in [0.15, 0.2) is 53.4 Å². The number of hydrogen-bond donors (Lipinski definition) is 1. The summed E-state index contributed by atoms with van der Waals surface area (Å²) in [4.78, 5) is 10.6. The van der Waals surface area contributed by atoms with Crippen molar-refractivity contribution in [2.24, 2.45) is 0 Å². The molecule has 0 unspecified atom stereocenters. The Hall–Kier alpha value is -2.34. The highest BCUT2D eigenvalue weighted by atomic mass is 32.2. The number of carbonyl (C=O) groups is 1. The molecule has 0 bridgehead atoms. The van der Waals surface area contributed by atoms with Gasteiger partial charge < -0.3 is 4.74 Å². The number of aldehydes is 1. The average Bonchev–Trinajstić information content (AvgIpc) is 2.47. The predicted molar refractivity (Wildman–Crippen MR) is 75.6 cm³/mol. The molecular weight excluding hydrogens is 278 g/mol. The number of sulfonamides is 1. The van der Waals surface area contributed by atoms with Crippen molar-refractivity contribution in [1.29, 1.82) is 0 Å². The highest BCUT2D eigenvalue weighted by Gasteiger charge is 2.14. The number of anilines is 1. The summed E-state index contributed by atoms with van der Waals surface area (Å²) in [6.45, 7) is 0. The number of benzene rings is 2. The van der Waals surface area contributed by atoms with Crippen molar-refractivity contribution >= 4 is 22.0 Å². The Kier molecular flexibility index (Phi) is 4.05. The fourth-order valence-corrected chi connectivity index (χ4v) is 2.68. The van der Waals surface area contributed by atoms with Crippen molar-refractivity contribution in [2.45, 2.75) is 4.90 Å². The van der Waals surface area contributed by atoms with E-state index in [0.29, 0.717) is 23.3 Å². The molecule has 0 fully saturated rings. The first-order valence-corrected chi connectivity index (χ1v) is 7.25. The van der Waals surface area contributed by atoms with Crippen LogP contribution in [-0.2, 0) is 10.0 Å². The molecule has 0 heterocycles. The van der Waals surface area contributed by atoms with Crippen LogP contribution in [0.2, 0.25) is 0 Å². The molecule has 0 saturated heterocycles. The summed E-state index contributed by atoms with van der Waals surface area (Å²) >= 11 is 0. The van der Waals surface area contributed by atoms with Crippen molar-refractivity contribution < 1.29 is 17.9 Å². The summed E-state index contributed by atoms with van der Waals surface area (Å²) in [5, 5.41) is 0. The van der Waals surface area contributed by atoms with E-state index < -0.39 is 10.0 Å². The molecule has 2 aromatic carbocycles. The van der Waals surface area contributed by atoms with Gasteiger partial charge in [-0.3, -0.25) is 9.52 Å². The summed E-state index contributed by atoms with van der Waals surface area (Å²) in [5.74, 6) is 0.557. The van der Waals surface area contributed by atoms with Gasteiger partial charge in [0.1, 0.15) is 12.0 Å². The topological polar surface area (TPSA) is 72.5 Å². The van der Waals surface area contributed by atoms with Crippen LogP contribution in [0.1, 0.15) is 10.4 Å². The van der Waals surface area contributed by atoms with E-state index >= 15 is 0 Å². The molecule has 0 aliphatic heterocycles. The summed E-state index contributed by atoms with van der Waals surface area (Å²) in [6.07, 6.45) is 0.659. The molecule has 0 aliphatic rings. The van der Waals surface area contributed by atoms with Gasteiger partial charge in [0.05, 0.1) is 17.7 Å². The molecule has 0 aromatic heterocycles. The number of rotatable bonds is 5. The Bertz CT molecular complexity index is 708. The number of carbonyl (C=O) groups excluding carboxylic acids is 1. The van der Waals surface area contributed by atoms with Gasteiger partial charge in [0, 0.05) is 11.6 Å². The van der Waals surface area contributed by atoms with Crippen LogP contribution < -0.4 is 9.46 Å². The molecule has 1 N–H and O–H groups in total. The standard InChI is InChI=1S/C14H13NO4S/c1-19-13-4-2-3-12(9-13)15-20(17,18)14-7-5-11(10-16)6-8-14/h2-10,15H,1H3. The monoisotopic (exact) mass is 291 g/mol. The van der Waals surface area contributed by atoms with Crippen LogP contribution in [0.4, 0.5) is 5.69 Å². The molecule has 6 heteroatoms. The predicted octanol–water partition coefficient (Wildman–Crippen LogP) is 2.31. The summed E-state index contributed by atoms with van der Waals surface area (Å²) in [5.41, 5.74) is 0.828. The first-order chi connectivity index (χ1) is 9.55. The minimum Gasteiger partial charge on any atom is -0.497 e. The molecular formula is C14H13NO4S. The van der Waals surface area contributed by atoms with Gasteiger partial charge in [-0.05, 0) is 24.3 Å². The highest BCUT2D eigenvalue weighted by Crippen LogP contribution is 2.20. The van der Waals surface area contributed by atoms with E-state index in [9.17, 15) is 13.2 Å². The van der Waals surface area contributed by atoms with E-state index in [-0.39, 0.29) is 4.90 Å². The van der Waals surface area contributed by atoms with E-state index in [1.165, 1.54) is 31.4 Å². The molecule has 0 aliphatic carbocycles. The maximum absolute atomic E-state index is 12.2. The lowest BCUT2D eigenvalue weighted by atomic mass is 10.2. The van der Waals surface area contributed by atoms with Crippen molar-refractivity contribution in [1.82, 2.24) is 0 Å². The van der Waals surface area contributed by atoms with Gasteiger partial charge in [0.25, 0.3) is 10.0 Å². The quantitative estimate of drug-likeness (QED) is 0.858. The van der Waals surface area contributed by atoms with E-state index in [1.54, 1.807) is 24.3 Å². The number of nitrogens with one attached hydrogen (secondary N) is 1. The van der Waals surface area contributed by atoms with E-state index in [1.807, 2.05) is 0 Å². The normalized spacial score (nSPS) is 10.8. The van der Waals surface area contributed by atoms with Gasteiger partial charge in [-0.15, -0.1) is 0 Å². The van der Waals surface area contributed by atoms with Crippen LogP contribution in [0.3, 0.4) is 0 Å². The second-order valence-electron chi connectivity index (χ2n) is 4.02. The SMILES string of the molecule is COc1cccc(NS(=O)(=O)c2ccc(C=O)cc2)c1. The van der Waals surface area contributed by atoms with E-state index in [4.69, 9.17) is 4.74 Å². The molecule has 0 spiro atoms. The lowest BCUT2D eigenvalue weighted by Gasteiger charge is -2.09. The van der Waals surface area contributed by atoms with Crippen molar-refractivity contribution in [3.63, 3.8) is 0 Å². The summed E-state index contributed by atoms with van der Waals surface area (Å²) < 4.78 is 31.8. The second kappa shape index (κ2) is 5.75. The van der Waals surface area contributed by atoms with Crippen LogP contribution in [0.25, 0.3) is 0 Å².